The first kappa shape index (κ1) is 29.4. The predicted octanol–water partition coefficient (Wildman–Crippen LogP) is 9.36. The first-order chi connectivity index (χ1) is 20.1. The van der Waals surface area contributed by atoms with Gasteiger partial charge in [0.25, 0.3) is 0 Å². The molecule has 2 atom stereocenters. The number of piperidine rings is 1. The van der Waals surface area contributed by atoms with Crippen LogP contribution in [0.3, 0.4) is 0 Å². The number of nitrogens with zero attached hydrogens (tertiary/aromatic N) is 1. The lowest BCUT2D eigenvalue weighted by molar-refractivity contribution is 0.434. The molecule has 2 nitrogen and oxygen atoms in total. The summed E-state index contributed by atoms with van der Waals surface area (Å²) in [5.41, 5.74) is 7.44. The minimum absolute atomic E-state index is 0.107. The van der Waals surface area contributed by atoms with Gasteiger partial charge in [-0.25, -0.2) is 0 Å². The molecular formula is C38H46NOP. The second kappa shape index (κ2) is 14.2. The molecule has 41 heavy (non-hydrogen) atoms. The van der Waals surface area contributed by atoms with E-state index in [9.17, 15) is 5.11 Å². The van der Waals surface area contributed by atoms with Crippen molar-refractivity contribution in [1.82, 2.24) is 0 Å². The summed E-state index contributed by atoms with van der Waals surface area (Å²) in [5, 5.41) is 13.4. The number of hydrogen-bond acceptors (Lipinski definition) is 2. The Morgan fingerprint density at radius 1 is 0.732 bits per heavy atom. The highest BCUT2D eigenvalue weighted by Gasteiger charge is 2.35. The van der Waals surface area contributed by atoms with E-state index in [-0.39, 0.29) is 5.16 Å². The van der Waals surface area contributed by atoms with Gasteiger partial charge in [-0.05, 0) is 72.1 Å². The summed E-state index contributed by atoms with van der Waals surface area (Å²) in [6.07, 6.45) is 9.90. The quantitative estimate of drug-likeness (QED) is 0.174. The van der Waals surface area contributed by atoms with Crippen molar-refractivity contribution in [1.29, 1.82) is 0 Å². The van der Waals surface area contributed by atoms with Crippen LogP contribution in [-0.4, -0.2) is 18.2 Å². The second-order valence-corrected chi connectivity index (χ2v) is 13.5. The molecule has 0 spiro atoms. The maximum atomic E-state index is 12.1. The molecule has 1 aliphatic rings. The molecule has 0 radical (unpaired) electrons. The minimum atomic E-state index is -0.107. The number of phenolic OH excluding ortho intramolecular Hbond substituents is 1. The van der Waals surface area contributed by atoms with Gasteiger partial charge in [-0.2, -0.15) is 0 Å². The maximum absolute atomic E-state index is 12.1. The van der Waals surface area contributed by atoms with Crippen LogP contribution in [0.4, 0.5) is 5.69 Å². The SMILES string of the molecule is CCCCC(CC)(Pc1ccccc1N1CCCCC1)c1cc(Cc2ccccc2)cc(Cc2ccccc2)c1O. The molecule has 5 rings (SSSR count). The zero-order valence-electron chi connectivity index (χ0n) is 24.9. The number of rotatable bonds is 12. The molecule has 214 valence electrons. The third-order valence-corrected chi connectivity index (χ3v) is 10.8. The number of para-hydroxylation sites is 1. The number of benzene rings is 4. The Labute approximate surface area is 249 Å². The molecule has 0 aromatic heterocycles. The molecule has 4 aromatic carbocycles. The lowest BCUT2D eigenvalue weighted by Crippen LogP contribution is -2.33. The van der Waals surface area contributed by atoms with E-state index in [2.05, 4.69) is 116 Å². The Kier molecular flexibility index (Phi) is 10.2. The summed E-state index contributed by atoms with van der Waals surface area (Å²) in [6.45, 7) is 6.92. The van der Waals surface area contributed by atoms with Crippen LogP contribution in [-0.2, 0) is 18.0 Å². The van der Waals surface area contributed by atoms with Gasteiger partial charge in [-0.1, -0.05) is 126 Å². The molecule has 1 aliphatic heterocycles. The first-order valence-electron chi connectivity index (χ1n) is 15.7. The Morgan fingerprint density at radius 3 is 2.02 bits per heavy atom. The zero-order valence-corrected chi connectivity index (χ0v) is 25.9. The molecule has 1 N–H and O–H groups in total. The highest BCUT2D eigenvalue weighted by atomic mass is 31.1. The summed E-state index contributed by atoms with van der Waals surface area (Å²) in [7, 11) is 0.600. The molecule has 0 aliphatic carbocycles. The largest absolute Gasteiger partial charge is 0.507 e. The van der Waals surface area contributed by atoms with E-state index in [1.807, 2.05) is 0 Å². The summed E-state index contributed by atoms with van der Waals surface area (Å²) in [6, 6.07) is 35.1. The van der Waals surface area contributed by atoms with Crippen LogP contribution in [0.2, 0.25) is 0 Å². The summed E-state index contributed by atoms with van der Waals surface area (Å²) in [5.74, 6) is 0.506. The van der Waals surface area contributed by atoms with Crippen LogP contribution in [0.15, 0.2) is 97.1 Å². The van der Waals surface area contributed by atoms with Crippen LogP contribution >= 0.6 is 8.58 Å². The maximum Gasteiger partial charge on any atom is 0.123 e. The Hall–Kier alpha value is -3.09. The van der Waals surface area contributed by atoms with Crippen LogP contribution < -0.4 is 10.2 Å². The Balaban J connectivity index is 1.61. The van der Waals surface area contributed by atoms with Crippen LogP contribution in [0.25, 0.3) is 0 Å². The molecule has 1 heterocycles. The van der Waals surface area contributed by atoms with Gasteiger partial charge in [0.2, 0.25) is 0 Å². The average Bonchev–Trinajstić information content (AvgIpc) is 3.02. The lowest BCUT2D eigenvalue weighted by atomic mass is 9.85. The smallest absolute Gasteiger partial charge is 0.123 e. The number of anilines is 1. The molecule has 1 saturated heterocycles. The normalized spacial score (nSPS) is 15.3. The minimum Gasteiger partial charge on any atom is -0.507 e. The molecule has 2 unspecified atom stereocenters. The van der Waals surface area contributed by atoms with Crippen molar-refractivity contribution < 1.29 is 5.11 Å². The number of unbranched alkanes of at least 4 members (excludes halogenated alkanes) is 1. The molecule has 0 bridgehead atoms. The van der Waals surface area contributed by atoms with Crippen molar-refractivity contribution >= 4 is 19.6 Å². The Bertz CT molecular complexity index is 1380. The highest BCUT2D eigenvalue weighted by Crippen LogP contribution is 2.53. The van der Waals surface area contributed by atoms with E-state index < -0.39 is 0 Å². The number of phenols is 1. The van der Waals surface area contributed by atoms with Gasteiger partial charge < -0.3 is 10.0 Å². The van der Waals surface area contributed by atoms with E-state index in [0.717, 1.165) is 62.7 Å². The fourth-order valence-electron chi connectivity index (χ4n) is 6.46. The summed E-state index contributed by atoms with van der Waals surface area (Å²) in [4.78, 5) is 2.61. The van der Waals surface area contributed by atoms with E-state index in [1.165, 1.54) is 46.9 Å². The highest BCUT2D eigenvalue weighted by molar-refractivity contribution is 7.49. The monoisotopic (exact) mass is 563 g/mol. The Morgan fingerprint density at radius 2 is 1.37 bits per heavy atom. The number of hydrogen-bond donors (Lipinski definition) is 1. The van der Waals surface area contributed by atoms with Gasteiger partial charge in [-0.15, -0.1) is 0 Å². The number of aromatic hydroxyl groups is 1. The second-order valence-electron chi connectivity index (χ2n) is 11.7. The fraction of sp³-hybridized carbons (Fsp3) is 0.368. The van der Waals surface area contributed by atoms with E-state index in [1.54, 1.807) is 0 Å². The van der Waals surface area contributed by atoms with Crippen LogP contribution in [0, 0.1) is 0 Å². The third kappa shape index (κ3) is 7.22. The van der Waals surface area contributed by atoms with Gasteiger partial charge in [0.1, 0.15) is 5.75 Å². The molecule has 4 aromatic rings. The van der Waals surface area contributed by atoms with Gasteiger partial charge in [-0.3, -0.25) is 0 Å². The van der Waals surface area contributed by atoms with E-state index >= 15 is 0 Å². The molecule has 1 fully saturated rings. The standard InChI is InChI=1S/C38H46NOP/c1-3-5-23-38(4-2,41-36-22-14-13-21-35(36)39-24-15-8-16-25-39)34-29-32(26-30-17-9-6-10-18-30)28-33(37(34)40)27-31-19-11-7-12-20-31/h6-7,9-14,17-22,28-29,40-41H,3-5,8,15-16,23-27H2,1-2H3. The van der Waals surface area contributed by atoms with Crippen molar-refractivity contribution in [2.24, 2.45) is 0 Å². The molecule has 0 saturated carbocycles. The molecular weight excluding hydrogens is 517 g/mol. The van der Waals surface area contributed by atoms with Crippen molar-refractivity contribution in [2.45, 2.75) is 76.8 Å². The zero-order chi connectivity index (χ0) is 28.5. The molecule has 0 amide bonds. The molecule has 3 heteroatoms. The van der Waals surface area contributed by atoms with Crippen molar-refractivity contribution in [3.63, 3.8) is 0 Å². The van der Waals surface area contributed by atoms with Gasteiger partial charge in [0.05, 0.1) is 0 Å². The van der Waals surface area contributed by atoms with Crippen molar-refractivity contribution in [3.05, 3.63) is 125 Å². The lowest BCUT2D eigenvalue weighted by Gasteiger charge is -2.38. The predicted molar refractivity (Wildman–Crippen MR) is 179 cm³/mol. The fourth-order valence-corrected chi connectivity index (χ4v) is 8.32. The van der Waals surface area contributed by atoms with Crippen molar-refractivity contribution in [3.8, 4) is 5.75 Å². The van der Waals surface area contributed by atoms with Crippen molar-refractivity contribution in [2.75, 3.05) is 18.0 Å². The van der Waals surface area contributed by atoms with Crippen LogP contribution in [0.1, 0.15) is 86.6 Å². The third-order valence-electron chi connectivity index (χ3n) is 8.79. The van der Waals surface area contributed by atoms with Gasteiger partial charge >= 0.3 is 0 Å². The first-order valence-corrected chi connectivity index (χ1v) is 16.7. The van der Waals surface area contributed by atoms with E-state index in [0.29, 0.717) is 14.3 Å². The summed E-state index contributed by atoms with van der Waals surface area (Å²) < 4.78 is 0. The van der Waals surface area contributed by atoms with E-state index in [4.69, 9.17) is 0 Å². The average molecular weight is 564 g/mol. The summed E-state index contributed by atoms with van der Waals surface area (Å²) >= 11 is 0. The van der Waals surface area contributed by atoms with Gasteiger partial charge in [0.15, 0.2) is 0 Å². The topological polar surface area (TPSA) is 23.5 Å². The van der Waals surface area contributed by atoms with Gasteiger partial charge in [0, 0.05) is 35.9 Å². The van der Waals surface area contributed by atoms with Crippen LogP contribution in [0.5, 0.6) is 5.75 Å².